The first kappa shape index (κ1) is 21.2. The van der Waals surface area contributed by atoms with Crippen molar-refractivity contribution in [2.24, 2.45) is 15.3 Å². The molecule has 0 unspecified atom stereocenters. The number of allylic oxidation sites excluding steroid dienone is 1. The van der Waals surface area contributed by atoms with Gasteiger partial charge in [0.05, 0.1) is 30.7 Å². The first-order valence-corrected chi connectivity index (χ1v) is 9.29. The van der Waals surface area contributed by atoms with Crippen LogP contribution in [-0.4, -0.2) is 43.2 Å². The van der Waals surface area contributed by atoms with Gasteiger partial charge in [0.2, 0.25) is 0 Å². The molecule has 3 rings (SSSR count). The van der Waals surface area contributed by atoms with Gasteiger partial charge in [-0.25, -0.2) is 5.01 Å². The zero-order valence-corrected chi connectivity index (χ0v) is 17.4. The Kier molecular flexibility index (Phi) is 6.58. The third kappa shape index (κ3) is 4.55. The molecule has 0 bridgehead atoms. The molecule has 2 aromatic carbocycles. The van der Waals surface area contributed by atoms with Crippen LogP contribution in [0.15, 0.2) is 63.8 Å². The Morgan fingerprint density at radius 1 is 1.13 bits per heavy atom. The highest BCUT2D eigenvalue weighted by Crippen LogP contribution is 2.31. The van der Waals surface area contributed by atoms with Gasteiger partial charge < -0.3 is 9.47 Å². The van der Waals surface area contributed by atoms with Crippen LogP contribution >= 0.6 is 11.6 Å². The summed E-state index contributed by atoms with van der Waals surface area (Å²) in [6.45, 7) is 1.55. The number of hydrazone groups is 1. The minimum absolute atomic E-state index is 0.0458. The lowest BCUT2D eigenvalue weighted by Gasteiger charge is -2.26. The fourth-order valence-corrected chi connectivity index (χ4v) is 3.12. The number of hydrogen-bond acceptors (Lipinski definition) is 7. The second-order valence-electron chi connectivity index (χ2n) is 6.28. The van der Waals surface area contributed by atoms with Crippen LogP contribution in [-0.2, 0) is 4.79 Å². The number of carbonyl (C=O) groups excluding carboxylic acids is 1. The van der Waals surface area contributed by atoms with E-state index < -0.39 is 5.91 Å². The number of methoxy groups -OCH3 is 2. The van der Waals surface area contributed by atoms with Crippen LogP contribution in [0.3, 0.4) is 0 Å². The topological polar surface area (TPSA) is 92.9 Å². The summed E-state index contributed by atoms with van der Waals surface area (Å²) in [4.78, 5) is 26.7. The number of rotatable bonds is 6. The summed E-state index contributed by atoms with van der Waals surface area (Å²) in [5.74, 6) is 0.298. The quantitative estimate of drug-likeness (QED) is 0.511. The molecular formula is C21H19ClN4O4. The second-order valence-corrected chi connectivity index (χ2v) is 6.68. The summed E-state index contributed by atoms with van der Waals surface area (Å²) >= 11 is 6.30. The maximum Gasteiger partial charge on any atom is 0.332 e. The number of benzene rings is 2. The maximum atomic E-state index is 11.6. The van der Waals surface area contributed by atoms with Gasteiger partial charge in [0.1, 0.15) is 23.9 Å². The van der Waals surface area contributed by atoms with Crippen LogP contribution in [0.25, 0.3) is 5.70 Å². The van der Waals surface area contributed by atoms with Crippen LogP contribution in [0.5, 0.6) is 11.5 Å². The molecule has 2 aromatic rings. The van der Waals surface area contributed by atoms with E-state index in [1.807, 2.05) is 36.4 Å². The summed E-state index contributed by atoms with van der Waals surface area (Å²) < 4.78 is 10.5. The number of amides is 1. The molecule has 1 aliphatic heterocycles. The lowest BCUT2D eigenvalue weighted by molar-refractivity contribution is -0.112. The maximum absolute atomic E-state index is 11.6. The van der Waals surface area contributed by atoms with Crippen LogP contribution in [0.4, 0.5) is 0 Å². The Hall–Kier alpha value is -3.52. The van der Waals surface area contributed by atoms with E-state index in [2.05, 4.69) is 15.3 Å². The smallest absolute Gasteiger partial charge is 0.332 e. The molecule has 0 radical (unpaired) electrons. The van der Waals surface area contributed by atoms with Crippen molar-refractivity contribution in [3.63, 3.8) is 0 Å². The normalized spacial score (nSPS) is 14.0. The molecule has 0 spiro atoms. The van der Waals surface area contributed by atoms with Gasteiger partial charge in [0.15, 0.2) is 0 Å². The Balaban J connectivity index is 2.08. The van der Waals surface area contributed by atoms with Gasteiger partial charge in [-0.3, -0.25) is 9.79 Å². The second kappa shape index (κ2) is 9.32. The molecule has 0 fully saturated rings. The number of hydrogen-bond donors (Lipinski definition) is 0. The van der Waals surface area contributed by atoms with E-state index in [1.54, 1.807) is 19.2 Å². The van der Waals surface area contributed by atoms with Crippen molar-refractivity contribution in [3.05, 3.63) is 69.6 Å². The first-order valence-electron chi connectivity index (χ1n) is 8.91. The Morgan fingerprint density at radius 3 is 2.60 bits per heavy atom. The van der Waals surface area contributed by atoms with E-state index in [1.165, 1.54) is 19.0 Å². The van der Waals surface area contributed by atoms with Gasteiger partial charge >= 0.3 is 5.91 Å². The Labute approximate surface area is 178 Å². The molecule has 1 amide bonds. The first-order chi connectivity index (χ1) is 14.5. The Bertz CT molecular complexity index is 1080. The summed E-state index contributed by atoms with van der Waals surface area (Å²) in [5.41, 5.74) is 2.90. The highest BCUT2D eigenvalue weighted by molar-refractivity contribution is 6.38. The molecule has 0 saturated carbocycles. The molecule has 30 heavy (non-hydrogen) atoms. The van der Waals surface area contributed by atoms with Gasteiger partial charge in [-0.2, -0.15) is 5.10 Å². The lowest BCUT2D eigenvalue weighted by Crippen LogP contribution is -2.25. The largest absolute Gasteiger partial charge is 0.497 e. The van der Waals surface area contributed by atoms with Crippen LogP contribution < -0.4 is 9.47 Å². The molecule has 0 aliphatic carbocycles. The van der Waals surface area contributed by atoms with Crippen molar-refractivity contribution >= 4 is 34.6 Å². The average Bonchev–Trinajstić information content (AvgIpc) is 2.78. The van der Waals surface area contributed by atoms with Gasteiger partial charge in [-0.05, 0) is 43.3 Å². The van der Waals surface area contributed by atoms with Gasteiger partial charge in [0, 0.05) is 16.3 Å². The molecule has 0 N–H and O–H groups in total. The van der Waals surface area contributed by atoms with Crippen molar-refractivity contribution in [1.29, 1.82) is 0 Å². The standard InChI is InChI=1S/C21H19ClN4O4/c1-13(21(27)25-28)24-26-12-23-18(14-5-4-6-16(9-14)29-2)11-19(26)15-7-8-20(30-3)17(22)10-15/h4-11H,12H2,1-3H3/b24-13+. The predicted molar refractivity (Wildman–Crippen MR) is 116 cm³/mol. The minimum atomic E-state index is -0.940. The lowest BCUT2D eigenvalue weighted by atomic mass is 10.0. The van der Waals surface area contributed by atoms with Crippen LogP contribution in [0.1, 0.15) is 18.1 Å². The van der Waals surface area contributed by atoms with E-state index in [4.69, 9.17) is 21.1 Å². The Morgan fingerprint density at radius 2 is 1.93 bits per heavy atom. The summed E-state index contributed by atoms with van der Waals surface area (Å²) in [6.07, 6.45) is 1.83. The van der Waals surface area contributed by atoms with Gasteiger partial charge in [-0.1, -0.05) is 23.7 Å². The third-order valence-electron chi connectivity index (χ3n) is 4.40. The molecule has 0 saturated heterocycles. The predicted octanol–water partition coefficient (Wildman–Crippen LogP) is 4.13. The number of carbonyl (C=O) groups is 1. The van der Waals surface area contributed by atoms with Gasteiger partial charge in [0.25, 0.3) is 0 Å². The highest BCUT2D eigenvalue weighted by Gasteiger charge is 2.20. The monoisotopic (exact) mass is 426 g/mol. The van der Waals surface area contributed by atoms with Crippen molar-refractivity contribution in [2.45, 2.75) is 6.92 Å². The number of halogens is 1. The van der Waals surface area contributed by atoms with E-state index >= 15 is 0 Å². The molecule has 9 heteroatoms. The average molecular weight is 427 g/mol. The summed E-state index contributed by atoms with van der Waals surface area (Å²) in [7, 11) is 3.13. The molecule has 154 valence electrons. The van der Waals surface area contributed by atoms with Gasteiger partial charge in [-0.15, -0.1) is 4.91 Å². The van der Waals surface area contributed by atoms with Crippen molar-refractivity contribution in [1.82, 2.24) is 5.01 Å². The zero-order chi connectivity index (χ0) is 21.7. The molecule has 0 atom stereocenters. The molecule has 0 aromatic heterocycles. The van der Waals surface area contributed by atoms with Crippen LogP contribution in [0, 0.1) is 4.91 Å². The minimum Gasteiger partial charge on any atom is -0.497 e. The van der Waals surface area contributed by atoms with Crippen molar-refractivity contribution < 1.29 is 14.3 Å². The number of nitrogens with zero attached hydrogens (tertiary/aromatic N) is 4. The summed E-state index contributed by atoms with van der Waals surface area (Å²) in [5, 5.41) is 8.59. The number of ether oxygens (including phenoxy) is 2. The SMILES string of the molecule is COc1cccc(C2=NCN(/N=C(\C)C(=O)N=O)C(c3ccc(OC)c(Cl)c3)=C2)c1. The fraction of sp³-hybridized carbons (Fsp3) is 0.190. The summed E-state index contributed by atoms with van der Waals surface area (Å²) in [6, 6.07) is 12.8. The van der Waals surface area contributed by atoms with Crippen molar-refractivity contribution in [3.8, 4) is 11.5 Å². The number of aliphatic imine (C=N–C) groups is 1. The molecule has 1 aliphatic rings. The third-order valence-corrected chi connectivity index (χ3v) is 4.70. The number of nitroso groups, excluding NO2 is 1. The van der Waals surface area contributed by atoms with E-state index in [0.29, 0.717) is 27.9 Å². The molecule has 1 heterocycles. The molecule has 8 nitrogen and oxygen atoms in total. The molecular weight excluding hydrogens is 408 g/mol. The van der Waals surface area contributed by atoms with E-state index in [9.17, 15) is 9.70 Å². The van der Waals surface area contributed by atoms with E-state index in [-0.39, 0.29) is 12.4 Å². The van der Waals surface area contributed by atoms with Crippen LogP contribution in [0.2, 0.25) is 5.02 Å². The van der Waals surface area contributed by atoms with E-state index in [0.717, 1.165) is 11.1 Å². The van der Waals surface area contributed by atoms with Crippen molar-refractivity contribution in [2.75, 3.05) is 20.9 Å². The fourth-order valence-electron chi connectivity index (χ4n) is 2.86. The zero-order valence-electron chi connectivity index (χ0n) is 16.6. The highest BCUT2D eigenvalue weighted by atomic mass is 35.5.